The highest BCUT2D eigenvalue weighted by atomic mass is 19.1. The molecule has 18 heavy (non-hydrogen) atoms. The molecule has 5 heteroatoms. The van der Waals surface area contributed by atoms with E-state index >= 15 is 0 Å². The van der Waals surface area contributed by atoms with Crippen LogP contribution in [0.15, 0.2) is 36.7 Å². The highest BCUT2D eigenvalue weighted by Crippen LogP contribution is 2.25. The Morgan fingerprint density at radius 3 is 2.56 bits per heavy atom. The van der Waals surface area contributed by atoms with Gasteiger partial charge in [-0.15, -0.1) is 0 Å². The lowest BCUT2D eigenvalue weighted by molar-refractivity contribution is 0.570. The largest absolute Gasteiger partial charge is 0.353 e. The molecule has 1 heterocycles. The molecule has 94 valence electrons. The minimum Gasteiger partial charge on any atom is -0.353 e. The molecular formula is C13H13F2N3. The predicted octanol–water partition coefficient (Wildman–Crippen LogP) is 2.95. The molecule has 0 spiro atoms. The van der Waals surface area contributed by atoms with Gasteiger partial charge in [-0.05, 0) is 13.0 Å². The maximum Gasteiger partial charge on any atom is 0.218 e. The fourth-order valence-corrected chi connectivity index (χ4v) is 1.74. The number of benzene rings is 1. The van der Waals surface area contributed by atoms with E-state index in [0.717, 1.165) is 6.33 Å². The maximum absolute atomic E-state index is 13.7. The summed E-state index contributed by atoms with van der Waals surface area (Å²) in [6.07, 6.45) is 1.15. The van der Waals surface area contributed by atoms with E-state index in [9.17, 15) is 8.78 Å². The summed E-state index contributed by atoms with van der Waals surface area (Å²) in [5, 5.41) is 0. The van der Waals surface area contributed by atoms with Gasteiger partial charge in [-0.1, -0.05) is 18.2 Å². The van der Waals surface area contributed by atoms with Crippen molar-refractivity contribution in [3.63, 3.8) is 0 Å². The summed E-state index contributed by atoms with van der Waals surface area (Å²) in [6, 6.07) is 7.48. The normalized spacial score (nSPS) is 12.2. The van der Waals surface area contributed by atoms with Crippen LogP contribution in [-0.2, 0) is 0 Å². The lowest BCUT2D eigenvalue weighted by Gasteiger charge is -2.26. The number of halogens is 2. The van der Waals surface area contributed by atoms with E-state index in [4.69, 9.17) is 0 Å². The first-order chi connectivity index (χ1) is 8.59. The van der Waals surface area contributed by atoms with Crippen molar-refractivity contribution in [3.05, 3.63) is 54.0 Å². The molecule has 0 bridgehead atoms. The van der Waals surface area contributed by atoms with Crippen molar-refractivity contribution in [2.24, 2.45) is 0 Å². The second kappa shape index (κ2) is 5.08. The molecule has 1 aromatic carbocycles. The summed E-state index contributed by atoms with van der Waals surface area (Å²) < 4.78 is 26.7. The Morgan fingerprint density at radius 2 is 1.89 bits per heavy atom. The van der Waals surface area contributed by atoms with Crippen LogP contribution in [0.25, 0.3) is 0 Å². The number of rotatable bonds is 3. The Bertz CT molecular complexity index is 545. The van der Waals surface area contributed by atoms with Crippen LogP contribution in [0.1, 0.15) is 18.5 Å². The zero-order valence-corrected chi connectivity index (χ0v) is 10.1. The summed E-state index contributed by atoms with van der Waals surface area (Å²) in [5.41, 5.74) is 0.541. The van der Waals surface area contributed by atoms with Crippen LogP contribution in [-0.4, -0.2) is 17.0 Å². The van der Waals surface area contributed by atoms with Gasteiger partial charge in [-0.2, -0.15) is 4.39 Å². The van der Waals surface area contributed by atoms with Gasteiger partial charge in [0.15, 0.2) is 0 Å². The number of hydrogen-bond acceptors (Lipinski definition) is 3. The van der Waals surface area contributed by atoms with E-state index < -0.39 is 5.95 Å². The van der Waals surface area contributed by atoms with Gasteiger partial charge in [0.25, 0.3) is 0 Å². The Balaban J connectivity index is 2.29. The van der Waals surface area contributed by atoms with Gasteiger partial charge in [0.1, 0.15) is 18.0 Å². The van der Waals surface area contributed by atoms with Crippen LogP contribution in [0, 0.1) is 11.8 Å². The van der Waals surface area contributed by atoms with Gasteiger partial charge < -0.3 is 4.90 Å². The van der Waals surface area contributed by atoms with Crippen LogP contribution < -0.4 is 4.90 Å². The molecule has 0 saturated heterocycles. The molecule has 1 aromatic heterocycles. The minimum atomic E-state index is -0.604. The van der Waals surface area contributed by atoms with Crippen molar-refractivity contribution in [1.82, 2.24) is 9.97 Å². The lowest BCUT2D eigenvalue weighted by Crippen LogP contribution is -2.23. The van der Waals surface area contributed by atoms with Gasteiger partial charge in [-0.25, -0.2) is 14.4 Å². The molecular weight excluding hydrogens is 236 g/mol. The van der Waals surface area contributed by atoms with Crippen molar-refractivity contribution < 1.29 is 8.78 Å². The van der Waals surface area contributed by atoms with Gasteiger partial charge in [-0.3, -0.25) is 0 Å². The molecule has 1 atom stereocenters. The first-order valence-electron chi connectivity index (χ1n) is 5.54. The van der Waals surface area contributed by atoms with Crippen LogP contribution in [0.4, 0.5) is 14.6 Å². The predicted molar refractivity (Wildman–Crippen MR) is 65.2 cm³/mol. The van der Waals surface area contributed by atoms with Crippen LogP contribution in [0.3, 0.4) is 0 Å². The topological polar surface area (TPSA) is 29.0 Å². The first-order valence-corrected chi connectivity index (χ1v) is 5.54. The quantitative estimate of drug-likeness (QED) is 0.783. The summed E-state index contributed by atoms with van der Waals surface area (Å²) in [7, 11) is 1.74. The molecule has 1 unspecified atom stereocenters. The third kappa shape index (κ3) is 2.45. The molecule has 2 aromatic rings. The van der Waals surface area contributed by atoms with Crippen molar-refractivity contribution in [2.45, 2.75) is 13.0 Å². The van der Waals surface area contributed by atoms with E-state index in [1.165, 1.54) is 12.1 Å². The van der Waals surface area contributed by atoms with Crippen molar-refractivity contribution >= 4 is 5.82 Å². The third-order valence-corrected chi connectivity index (χ3v) is 2.92. The number of hydrogen-bond donors (Lipinski definition) is 0. The molecule has 0 aliphatic heterocycles. The fraction of sp³-hybridized carbons (Fsp3) is 0.231. The van der Waals surface area contributed by atoms with E-state index in [2.05, 4.69) is 9.97 Å². The Labute approximate surface area is 104 Å². The Hall–Kier alpha value is -2.04. The monoisotopic (exact) mass is 249 g/mol. The van der Waals surface area contributed by atoms with Crippen LogP contribution in [0.5, 0.6) is 0 Å². The lowest BCUT2D eigenvalue weighted by atomic mass is 10.1. The molecule has 2 rings (SSSR count). The average Bonchev–Trinajstić information content (AvgIpc) is 2.37. The molecule has 3 nitrogen and oxygen atoms in total. The van der Waals surface area contributed by atoms with E-state index in [1.54, 1.807) is 30.1 Å². The molecule has 0 aliphatic carbocycles. The molecule has 0 fully saturated rings. The summed E-state index contributed by atoms with van der Waals surface area (Å²) in [5.74, 6) is -0.475. The molecule has 0 radical (unpaired) electrons. The first kappa shape index (κ1) is 12.4. The summed E-state index contributed by atoms with van der Waals surface area (Å²) in [6.45, 7) is 1.83. The highest BCUT2D eigenvalue weighted by molar-refractivity contribution is 5.40. The van der Waals surface area contributed by atoms with Crippen molar-refractivity contribution in [2.75, 3.05) is 11.9 Å². The van der Waals surface area contributed by atoms with E-state index in [1.807, 2.05) is 6.92 Å². The Morgan fingerprint density at radius 1 is 1.17 bits per heavy atom. The number of nitrogens with zero attached hydrogens (tertiary/aromatic N) is 3. The second-order valence-corrected chi connectivity index (χ2v) is 4.01. The maximum atomic E-state index is 13.7. The Kier molecular flexibility index (Phi) is 3.50. The molecule has 0 saturated carbocycles. The van der Waals surface area contributed by atoms with Gasteiger partial charge >= 0.3 is 0 Å². The smallest absolute Gasteiger partial charge is 0.218 e. The number of anilines is 1. The van der Waals surface area contributed by atoms with Crippen LogP contribution >= 0.6 is 0 Å². The summed E-state index contributed by atoms with van der Waals surface area (Å²) in [4.78, 5) is 9.06. The molecule has 0 aliphatic rings. The SMILES string of the molecule is CC(c1ccccc1F)N(C)c1cc(F)ncn1. The highest BCUT2D eigenvalue weighted by Gasteiger charge is 2.17. The minimum absolute atomic E-state index is 0.250. The zero-order chi connectivity index (χ0) is 13.1. The molecule has 0 amide bonds. The average molecular weight is 249 g/mol. The second-order valence-electron chi connectivity index (χ2n) is 4.01. The fourth-order valence-electron chi connectivity index (χ4n) is 1.74. The van der Waals surface area contributed by atoms with Gasteiger partial charge in [0.2, 0.25) is 5.95 Å². The van der Waals surface area contributed by atoms with E-state index in [-0.39, 0.29) is 11.9 Å². The van der Waals surface area contributed by atoms with E-state index in [0.29, 0.717) is 11.4 Å². The third-order valence-electron chi connectivity index (χ3n) is 2.92. The molecule has 0 N–H and O–H groups in total. The zero-order valence-electron chi connectivity index (χ0n) is 10.1. The van der Waals surface area contributed by atoms with Gasteiger partial charge in [0, 0.05) is 18.7 Å². The van der Waals surface area contributed by atoms with Crippen molar-refractivity contribution in [1.29, 1.82) is 0 Å². The standard InChI is InChI=1S/C13H13F2N3/c1-9(10-5-3-4-6-11(10)14)18(2)13-7-12(15)16-8-17-13/h3-9H,1-2H3. The van der Waals surface area contributed by atoms with Crippen molar-refractivity contribution in [3.8, 4) is 0 Å². The van der Waals surface area contributed by atoms with Gasteiger partial charge in [0.05, 0.1) is 6.04 Å². The summed E-state index contributed by atoms with van der Waals surface area (Å²) >= 11 is 0. The van der Waals surface area contributed by atoms with Crippen LogP contribution in [0.2, 0.25) is 0 Å². The number of aromatic nitrogens is 2.